The summed E-state index contributed by atoms with van der Waals surface area (Å²) in [6.45, 7) is 2.55. The second kappa shape index (κ2) is 10.5. The van der Waals surface area contributed by atoms with Crippen LogP contribution in [-0.2, 0) is 22.7 Å². The fourth-order valence-corrected chi connectivity index (χ4v) is 5.16. The van der Waals surface area contributed by atoms with E-state index in [0.29, 0.717) is 28.3 Å². The van der Waals surface area contributed by atoms with Crippen LogP contribution < -0.4 is 10.1 Å². The van der Waals surface area contributed by atoms with Crippen molar-refractivity contribution in [2.45, 2.75) is 45.1 Å². The predicted octanol–water partition coefficient (Wildman–Crippen LogP) is 3.96. The van der Waals surface area contributed by atoms with Gasteiger partial charge < -0.3 is 24.6 Å². The minimum absolute atomic E-state index is 0.233. The summed E-state index contributed by atoms with van der Waals surface area (Å²) in [4.78, 5) is 26.5. The Morgan fingerprint density at radius 2 is 2.00 bits per heavy atom. The Morgan fingerprint density at radius 3 is 2.67 bits per heavy atom. The number of likely N-dealkylation sites (N-methyl/N-ethyl adjacent to an activating group) is 1. The molecule has 1 atom stereocenters. The van der Waals surface area contributed by atoms with Crippen molar-refractivity contribution in [1.82, 2.24) is 20.1 Å². The summed E-state index contributed by atoms with van der Waals surface area (Å²) in [6.07, 6.45) is 7.84. The van der Waals surface area contributed by atoms with E-state index >= 15 is 0 Å². The van der Waals surface area contributed by atoms with E-state index in [1.165, 1.54) is 25.7 Å². The molecule has 1 N–H and O–H groups in total. The monoisotopic (exact) mass is 509 g/mol. The van der Waals surface area contributed by atoms with Crippen molar-refractivity contribution in [3.8, 4) is 5.75 Å². The van der Waals surface area contributed by atoms with Crippen LogP contribution in [0, 0.1) is 5.41 Å². The number of amides is 1. The van der Waals surface area contributed by atoms with Crippen LogP contribution in [0.2, 0.25) is 5.02 Å². The maximum absolute atomic E-state index is 13.2. The van der Waals surface area contributed by atoms with Crippen LogP contribution in [0.5, 0.6) is 5.75 Å². The van der Waals surface area contributed by atoms with Gasteiger partial charge in [-0.1, -0.05) is 23.7 Å². The van der Waals surface area contributed by atoms with Gasteiger partial charge in [0.2, 0.25) is 5.96 Å². The number of nitrogens with zero attached hydrogens (tertiary/aromatic N) is 4. The molecule has 1 unspecified atom stereocenters. The largest absolute Gasteiger partial charge is 0.495 e. The third-order valence-electron chi connectivity index (χ3n) is 7.36. The lowest BCUT2D eigenvalue weighted by molar-refractivity contribution is -0.120. The maximum Gasteiger partial charge on any atom is 0.253 e. The molecule has 1 spiro atoms. The van der Waals surface area contributed by atoms with Gasteiger partial charge in [0, 0.05) is 32.5 Å². The van der Waals surface area contributed by atoms with Crippen molar-refractivity contribution in [1.29, 1.82) is 0 Å². The number of guanidine groups is 1. The third-order valence-corrected chi connectivity index (χ3v) is 7.65. The molecule has 1 aliphatic carbocycles. The summed E-state index contributed by atoms with van der Waals surface area (Å²) in [7, 11) is 3.52. The SMILES string of the molecule is COc1ccc(COC2C(C(=O)NCc3ccccn3)=CN=C(N3CCC4(CC3)CC4)N2C)cc1Cl. The van der Waals surface area contributed by atoms with Crippen LogP contribution in [0.4, 0.5) is 0 Å². The van der Waals surface area contributed by atoms with E-state index in [1.54, 1.807) is 19.5 Å². The molecule has 1 amide bonds. The number of piperidine rings is 1. The average molecular weight is 510 g/mol. The normalized spacial score (nSPS) is 20.6. The Morgan fingerprint density at radius 1 is 1.19 bits per heavy atom. The standard InChI is InChI=1S/C27H32ClN5O3/c1-32-25(36-18-19-6-7-23(35-2)22(28)15-19)21(24(34)30-16-20-5-3-4-12-29-20)17-31-26(32)33-13-10-27(8-9-27)11-14-33/h3-7,12,15,17,25H,8-11,13-14,16,18H2,1-2H3,(H,30,34). The lowest BCUT2D eigenvalue weighted by Crippen LogP contribution is -2.53. The van der Waals surface area contributed by atoms with E-state index in [1.807, 2.05) is 48.3 Å². The number of hydrogen-bond donors (Lipinski definition) is 1. The third kappa shape index (κ3) is 5.34. The summed E-state index contributed by atoms with van der Waals surface area (Å²) in [5.74, 6) is 1.21. The summed E-state index contributed by atoms with van der Waals surface area (Å²) < 4.78 is 11.6. The Bertz CT molecular complexity index is 1160. The minimum atomic E-state index is -0.598. The molecule has 2 fully saturated rings. The number of hydrogen-bond acceptors (Lipinski definition) is 7. The summed E-state index contributed by atoms with van der Waals surface area (Å²) >= 11 is 6.31. The minimum Gasteiger partial charge on any atom is -0.495 e. The van der Waals surface area contributed by atoms with E-state index in [-0.39, 0.29) is 12.5 Å². The highest BCUT2D eigenvalue weighted by atomic mass is 35.5. The van der Waals surface area contributed by atoms with Gasteiger partial charge in [0.1, 0.15) is 5.75 Å². The quantitative estimate of drug-likeness (QED) is 0.608. The van der Waals surface area contributed by atoms with Crippen molar-refractivity contribution in [2.75, 3.05) is 27.2 Å². The van der Waals surface area contributed by atoms with Crippen LogP contribution in [0.1, 0.15) is 36.9 Å². The highest BCUT2D eigenvalue weighted by molar-refractivity contribution is 6.32. The smallest absolute Gasteiger partial charge is 0.253 e. The van der Waals surface area contributed by atoms with Crippen LogP contribution in [-0.4, -0.2) is 60.1 Å². The first-order valence-electron chi connectivity index (χ1n) is 12.4. The fraction of sp³-hybridized carbons (Fsp3) is 0.444. The van der Waals surface area contributed by atoms with E-state index in [2.05, 4.69) is 15.2 Å². The molecule has 3 aliphatic rings. The van der Waals surface area contributed by atoms with Crippen LogP contribution in [0.25, 0.3) is 0 Å². The number of halogens is 1. The fourth-order valence-electron chi connectivity index (χ4n) is 4.88. The highest BCUT2D eigenvalue weighted by Gasteiger charge is 2.45. The van der Waals surface area contributed by atoms with Crippen molar-refractivity contribution >= 4 is 23.5 Å². The molecule has 2 aliphatic heterocycles. The summed E-state index contributed by atoms with van der Waals surface area (Å²) in [5, 5.41) is 3.48. The van der Waals surface area contributed by atoms with E-state index in [9.17, 15) is 4.79 Å². The molecule has 2 aromatic rings. The Balaban J connectivity index is 1.33. The van der Waals surface area contributed by atoms with Gasteiger partial charge in [-0.3, -0.25) is 9.78 Å². The molecule has 1 saturated carbocycles. The lowest BCUT2D eigenvalue weighted by atomic mass is 9.94. The number of nitrogens with one attached hydrogen (secondary N) is 1. The number of methoxy groups -OCH3 is 1. The van der Waals surface area contributed by atoms with E-state index in [0.717, 1.165) is 30.3 Å². The number of benzene rings is 1. The second-order valence-electron chi connectivity index (χ2n) is 9.75. The molecular weight excluding hydrogens is 478 g/mol. The van der Waals surface area contributed by atoms with Gasteiger partial charge in [-0.15, -0.1) is 0 Å². The molecule has 9 heteroatoms. The zero-order valence-electron chi connectivity index (χ0n) is 20.7. The highest BCUT2D eigenvalue weighted by Crippen LogP contribution is 2.53. The van der Waals surface area contributed by atoms with E-state index in [4.69, 9.17) is 26.1 Å². The number of carbonyl (C=O) groups excluding carboxylic acids is 1. The van der Waals surface area contributed by atoms with E-state index < -0.39 is 6.23 Å². The molecule has 36 heavy (non-hydrogen) atoms. The second-order valence-corrected chi connectivity index (χ2v) is 10.2. The zero-order chi connectivity index (χ0) is 25.1. The van der Waals surface area contributed by atoms with Gasteiger partial charge >= 0.3 is 0 Å². The molecule has 5 rings (SSSR count). The molecule has 3 heterocycles. The predicted molar refractivity (Wildman–Crippen MR) is 138 cm³/mol. The number of aromatic nitrogens is 1. The van der Waals surface area contributed by atoms with Gasteiger partial charge in [-0.05, 0) is 60.9 Å². The Kier molecular flexibility index (Phi) is 7.16. The van der Waals surface area contributed by atoms with Crippen molar-refractivity contribution in [3.63, 3.8) is 0 Å². The number of carbonyl (C=O) groups is 1. The Hall–Kier alpha value is -3.10. The topological polar surface area (TPSA) is 79.3 Å². The Labute approximate surface area is 216 Å². The molecule has 190 valence electrons. The number of likely N-dealkylation sites (tertiary alicyclic amines) is 1. The first-order chi connectivity index (χ1) is 17.5. The summed E-state index contributed by atoms with van der Waals surface area (Å²) in [6, 6.07) is 11.2. The first kappa shape index (κ1) is 24.6. The number of aliphatic imine (C=N–C) groups is 1. The molecule has 1 aromatic heterocycles. The number of pyridine rings is 1. The zero-order valence-corrected chi connectivity index (χ0v) is 21.5. The van der Waals surface area contributed by atoms with Crippen molar-refractivity contribution < 1.29 is 14.3 Å². The van der Waals surface area contributed by atoms with Crippen LogP contribution >= 0.6 is 11.6 Å². The number of rotatable bonds is 7. The van der Waals surface area contributed by atoms with Crippen molar-refractivity contribution in [3.05, 3.63) is 70.6 Å². The van der Waals surface area contributed by atoms with Gasteiger partial charge in [0.15, 0.2) is 6.23 Å². The first-order valence-corrected chi connectivity index (χ1v) is 12.7. The van der Waals surface area contributed by atoms with Crippen molar-refractivity contribution in [2.24, 2.45) is 10.4 Å². The van der Waals surface area contributed by atoms with Crippen LogP contribution in [0.3, 0.4) is 0 Å². The molecule has 1 aromatic carbocycles. The molecule has 0 radical (unpaired) electrons. The summed E-state index contributed by atoms with van der Waals surface area (Å²) in [5.41, 5.74) is 2.69. The molecule has 1 saturated heterocycles. The maximum atomic E-state index is 13.2. The lowest BCUT2D eigenvalue weighted by Gasteiger charge is -2.41. The number of ether oxygens (including phenoxy) is 2. The van der Waals surface area contributed by atoms with Crippen LogP contribution in [0.15, 0.2) is 59.4 Å². The molecule has 8 nitrogen and oxygen atoms in total. The van der Waals surface area contributed by atoms with Gasteiger partial charge in [0.05, 0.1) is 36.6 Å². The van der Waals surface area contributed by atoms with Gasteiger partial charge in [0.25, 0.3) is 5.91 Å². The average Bonchev–Trinajstić information content (AvgIpc) is 3.66. The molecular formula is C27H32ClN5O3. The van der Waals surface area contributed by atoms with Gasteiger partial charge in [-0.2, -0.15) is 0 Å². The van der Waals surface area contributed by atoms with Gasteiger partial charge in [-0.25, -0.2) is 4.99 Å². The molecule has 0 bridgehead atoms.